The molecule has 1 saturated heterocycles. The van der Waals surface area contributed by atoms with Crippen molar-refractivity contribution in [2.75, 3.05) is 33.3 Å². The SMILES string of the molecule is CCC(C)NC(=O)c1cn(C2CCCC2)cc(C(=O)N2CCN(Cc3cccc(OC)c3)CC2)c1=O. The first kappa shape index (κ1) is 25.9. The second-order valence-corrected chi connectivity index (χ2v) is 10.0. The van der Waals surface area contributed by atoms with Crippen LogP contribution in [0.5, 0.6) is 5.75 Å². The molecule has 2 amide bonds. The molecule has 36 heavy (non-hydrogen) atoms. The van der Waals surface area contributed by atoms with Crippen molar-refractivity contribution in [1.29, 1.82) is 0 Å². The third kappa shape index (κ3) is 5.98. The largest absolute Gasteiger partial charge is 0.497 e. The summed E-state index contributed by atoms with van der Waals surface area (Å²) in [4.78, 5) is 43.9. The fourth-order valence-electron chi connectivity index (χ4n) is 5.04. The van der Waals surface area contributed by atoms with Gasteiger partial charge in [0.15, 0.2) is 0 Å². The van der Waals surface area contributed by atoms with Gasteiger partial charge in [-0.3, -0.25) is 19.3 Å². The molecule has 1 aromatic heterocycles. The number of hydrogen-bond donors (Lipinski definition) is 1. The minimum Gasteiger partial charge on any atom is -0.497 e. The van der Waals surface area contributed by atoms with Crippen molar-refractivity contribution in [2.24, 2.45) is 0 Å². The second-order valence-electron chi connectivity index (χ2n) is 10.0. The first-order valence-electron chi connectivity index (χ1n) is 13.1. The number of nitrogens with one attached hydrogen (secondary N) is 1. The summed E-state index contributed by atoms with van der Waals surface area (Å²) in [6.45, 7) is 7.17. The average molecular weight is 495 g/mol. The van der Waals surface area contributed by atoms with Crippen LogP contribution in [0.4, 0.5) is 0 Å². The summed E-state index contributed by atoms with van der Waals surface area (Å²) in [7, 11) is 1.66. The summed E-state index contributed by atoms with van der Waals surface area (Å²) in [5, 5.41) is 2.89. The quantitative estimate of drug-likeness (QED) is 0.608. The zero-order chi connectivity index (χ0) is 25.7. The number of ether oxygens (including phenoxy) is 1. The molecule has 1 saturated carbocycles. The first-order valence-corrected chi connectivity index (χ1v) is 13.1. The number of pyridine rings is 1. The molecular weight excluding hydrogens is 456 g/mol. The monoisotopic (exact) mass is 494 g/mol. The van der Waals surface area contributed by atoms with E-state index in [1.165, 1.54) is 0 Å². The number of carbonyl (C=O) groups is 2. The molecule has 0 bridgehead atoms. The summed E-state index contributed by atoms with van der Waals surface area (Å²) in [6.07, 6.45) is 8.31. The van der Waals surface area contributed by atoms with Crippen molar-refractivity contribution >= 4 is 11.8 Å². The van der Waals surface area contributed by atoms with E-state index in [4.69, 9.17) is 4.74 Å². The second kappa shape index (κ2) is 11.7. The number of piperazine rings is 1. The predicted molar refractivity (Wildman–Crippen MR) is 140 cm³/mol. The van der Waals surface area contributed by atoms with Gasteiger partial charge < -0.3 is 19.5 Å². The Morgan fingerprint density at radius 2 is 1.78 bits per heavy atom. The molecular formula is C28H38N4O4. The van der Waals surface area contributed by atoms with Gasteiger partial charge in [0.1, 0.15) is 16.9 Å². The van der Waals surface area contributed by atoms with Gasteiger partial charge in [0.25, 0.3) is 11.8 Å². The Balaban J connectivity index is 1.51. The number of amides is 2. The molecule has 4 rings (SSSR count). The van der Waals surface area contributed by atoms with Crippen LogP contribution < -0.4 is 15.5 Å². The van der Waals surface area contributed by atoms with E-state index in [2.05, 4.69) is 16.3 Å². The van der Waals surface area contributed by atoms with Crippen LogP contribution in [0.15, 0.2) is 41.5 Å². The number of methoxy groups -OCH3 is 1. The molecule has 1 unspecified atom stereocenters. The van der Waals surface area contributed by atoms with E-state index in [1.54, 1.807) is 24.4 Å². The molecule has 1 aliphatic carbocycles. The van der Waals surface area contributed by atoms with Crippen molar-refractivity contribution in [3.63, 3.8) is 0 Å². The Kier molecular flexibility index (Phi) is 8.46. The van der Waals surface area contributed by atoms with Gasteiger partial charge in [0.2, 0.25) is 5.43 Å². The predicted octanol–water partition coefficient (Wildman–Crippen LogP) is 3.46. The summed E-state index contributed by atoms with van der Waals surface area (Å²) >= 11 is 0. The molecule has 1 aliphatic heterocycles. The van der Waals surface area contributed by atoms with Crippen LogP contribution in [0.1, 0.15) is 78.3 Å². The van der Waals surface area contributed by atoms with Gasteiger partial charge in [-0.05, 0) is 43.9 Å². The lowest BCUT2D eigenvalue weighted by Crippen LogP contribution is -2.49. The normalized spacial score (nSPS) is 17.7. The Bertz CT molecular complexity index is 1130. The molecule has 2 aromatic rings. The highest BCUT2D eigenvalue weighted by atomic mass is 16.5. The van der Waals surface area contributed by atoms with E-state index in [1.807, 2.05) is 36.6 Å². The third-order valence-electron chi connectivity index (χ3n) is 7.46. The highest BCUT2D eigenvalue weighted by Gasteiger charge is 2.28. The molecule has 2 heterocycles. The fraction of sp³-hybridized carbons (Fsp3) is 0.536. The first-order chi connectivity index (χ1) is 17.4. The maximum Gasteiger partial charge on any atom is 0.259 e. The van der Waals surface area contributed by atoms with Crippen molar-refractivity contribution in [3.05, 3.63) is 63.6 Å². The van der Waals surface area contributed by atoms with Crippen LogP contribution in [-0.2, 0) is 6.54 Å². The standard InChI is InChI=1S/C28H38N4O4/c1-4-20(2)29-27(34)24-18-32(22-9-5-6-10-22)19-25(26(24)33)28(35)31-14-12-30(13-15-31)17-21-8-7-11-23(16-21)36-3/h7-8,11,16,18-20,22H,4-6,9-10,12-15,17H2,1-3H3,(H,29,34). The summed E-state index contributed by atoms with van der Waals surface area (Å²) in [6, 6.07) is 8.17. The van der Waals surface area contributed by atoms with Gasteiger partial charge in [0.05, 0.1) is 7.11 Å². The molecule has 1 aromatic carbocycles. The topological polar surface area (TPSA) is 83.9 Å². The average Bonchev–Trinajstić information content (AvgIpc) is 3.44. The van der Waals surface area contributed by atoms with Crippen LogP contribution in [0.2, 0.25) is 0 Å². The van der Waals surface area contributed by atoms with Gasteiger partial charge in [-0.15, -0.1) is 0 Å². The number of hydrogen-bond acceptors (Lipinski definition) is 5. The van der Waals surface area contributed by atoms with Gasteiger partial charge in [-0.1, -0.05) is 31.9 Å². The number of nitrogens with zero attached hydrogens (tertiary/aromatic N) is 3. The Labute approximate surface area is 213 Å². The molecule has 8 nitrogen and oxygen atoms in total. The molecule has 0 spiro atoms. The number of benzene rings is 1. The van der Waals surface area contributed by atoms with Crippen LogP contribution in [0.3, 0.4) is 0 Å². The van der Waals surface area contributed by atoms with E-state index in [-0.39, 0.29) is 29.1 Å². The maximum atomic E-state index is 13.5. The minimum absolute atomic E-state index is 0.0474. The van der Waals surface area contributed by atoms with Gasteiger partial charge in [-0.2, -0.15) is 0 Å². The lowest BCUT2D eigenvalue weighted by atomic mass is 10.1. The van der Waals surface area contributed by atoms with E-state index < -0.39 is 11.3 Å². The highest BCUT2D eigenvalue weighted by molar-refractivity contribution is 5.99. The van der Waals surface area contributed by atoms with E-state index in [0.29, 0.717) is 26.2 Å². The number of rotatable bonds is 8. The lowest BCUT2D eigenvalue weighted by Gasteiger charge is -2.35. The molecule has 0 radical (unpaired) electrons. The third-order valence-corrected chi connectivity index (χ3v) is 7.46. The molecule has 2 aliphatic rings. The smallest absolute Gasteiger partial charge is 0.259 e. The van der Waals surface area contributed by atoms with Crippen molar-refractivity contribution in [1.82, 2.24) is 19.7 Å². The molecule has 8 heteroatoms. The Hall–Kier alpha value is -3.13. The van der Waals surface area contributed by atoms with Gasteiger partial charge in [-0.25, -0.2) is 0 Å². The van der Waals surface area contributed by atoms with Crippen LogP contribution in [-0.4, -0.2) is 65.5 Å². The van der Waals surface area contributed by atoms with Crippen molar-refractivity contribution in [2.45, 2.75) is 64.6 Å². The highest BCUT2D eigenvalue weighted by Crippen LogP contribution is 2.29. The zero-order valence-electron chi connectivity index (χ0n) is 21.7. The van der Waals surface area contributed by atoms with E-state index in [0.717, 1.165) is 50.0 Å². The zero-order valence-corrected chi connectivity index (χ0v) is 21.7. The van der Waals surface area contributed by atoms with Gasteiger partial charge in [0, 0.05) is 57.2 Å². The fourth-order valence-corrected chi connectivity index (χ4v) is 5.04. The van der Waals surface area contributed by atoms with E-state index >= 15 is 0 Å². The Morgan fingerprint density at radius 3 is 2.44 bits per heavy atom. The summed E-state index contributed by atoms with van der Waals surface area (Å²) in [5.41, 5.74) is 0.840. The number of aromatic nitrogens is 1. The molecule has 2 fully saturated rings. The Morgan fingerprint density at radius 1 is 1.08 bits per heavy atom. The summed E-state index contributed by atoms with van der Waals surface area (Å²) in [5.74, 6) is 0.141. The molecule has 1 atom stereocenters. The summed E-state index contributed by atoms with van der Waals surface area (Å²) < 4.78 is 7.26. The van der Waals surface area contributed by atoms with Crippen molar-refractivity contribution in [3.8, 4) is 5.75 Å². The maximum absolute atomic E-state index is 13.5. The molecule has 194 valence electrons. The van der Waals surface area contributed by atoms with E-state index in [9.17, 15) is 14.4 Å². The minimum atomic E-state index is -0.478. The molecule has 1 N–H and O–H groups in total. The number of carbonyl (C=O) groups excluding carboxylic acids is 2. The van der Waals surface area contributed by atoms with Crippen LogP contribution in [0.25, 0.3) is 0 Å². The lowest BCUT2D eigenvalue weighted by molar-refractivity contribution is 0.0626. The van der Waals surface area contributed by atoms with Crippen LogP contribution in [0, 0.1) is 0 Å². The van der Waals surface area contributed by atoms with Gasteiger partial charge >= 0.3 is 0 Å². The van der Waals surface area contributed by atoms with Crippen molar-refractivity contribution < 1.29 is 14.3 Å². The van der Waals surface area contributed by atoms with Crippen LogP contribution >= 0.6 is 0 Å².